The first-order valence-corrected chi connectivity index (χ1v) is 10.7. The fourth-order valence-corrected chi connectivity index (χ4v) is 4.66. The number of hydrogen-bond donors (Lipinski definition) is 0. The van der Waals surface area contributed by atoms with Gasteiger partial charge in [-0.1, -0.05) is 12.1 Å². The van der Waals surface area contributed by atoms with Gasteiger partial charge in [-0.3, -0.25) is 0 Å². The van der Waals surface area contributed by atoms with Crippen LogP contribution in [0, 0.1) is 26.2 Å². The molecule has 0 unspecified atom stereocenters. The van der Waals surface area contributed by atoms with E-state index >= 15 is 0 Å². The van der Waals surface area contributed by atoms with Crippen molar-refractivity contribution in [1.29, 1.82) is 0 Å². The van der Waals surface area contributed by atoms with E-state index in [9.17, 15) is 4.39 Å². The van der Waals surface area contributed by atoms with Crippen molar-refractivity contribution >= 4 is 32.8 Å². The Hall–Kier alpha value is -3.71. The molecule has 5 rings (SSSR count). The molecule has 0 aliphatic carbocycles. The van der Waals surface area contributed by atoms with Crippen LogP contribution >= 0.6 is 0 Å². The predicted molar refractivity (Wildman–Crippen MR) is 127 cm³/mol. The first kappa shape index (κ1) is 20.2. The van der Waals surface area contributed by atoms with Crippen molar-refractivity contribution in [3.05, 3.63) is 88.5 Å². The van der Waals surface area contributed by atoms with E-state index in [0.29, 0.717) is 5.58 Å². The standard InChI is InChI=1S/C28H24FN2O/c1-16-13-21-19-12-11-18(29)14-25(19)32-27(21)26(17(16)2)24-15-22(28(3,4)30-5)20-9-7-8-10-23(20)31(24)6/h7-15H,1-4,6H3/q+1. The van der Waals surface area contributed by atoms with Gasteiger partial charge in [-0.05, 0) is 49.2 Å². The SMILES string of the molecule is [C-]#[N+]C(C)(C)c1cc(-c2c(C)c(C)cc3c2oc2cc(F)ccc23)[n+](C)c2ccccc12. The van der Waals surface area contributed by atoms with Crippen LogP contribution in [0.1, 0.15) is 30.5 Å². The molecule has 3 nitrogen and oxygen atoms in total. The number of hydrogen-bond acceptors (Lipinski definition) is 1. The van der Waals surface area contributed by atoms with Crippen molar-refractivity contribution in [2.45, 2.75) is 33.2 Å². The normalized spacial score (nSPS) is 12.0. The lowest BCUT2D eigenvalue weighted by Gasteiger charge is -2.16. The van der Waals surface area contributed by atoms with Gasteiger partial charge in [0.05, 0.1) is 16.5 Å². The van der Waals surface area contributed by atoms with Crippen molar-refractivity contribution in [2.75, 3.05) is 0 Å². The summed E-state index contributed by atoms with van der Waals surface area (Å²) in [6.07, 6.45) is 0. The Morgan fingerprint density at radius 2 is 1.72 bits per heavy atom. The maximum Gasteiger partial charge on any atom is 0.253 e. The molecule has 32 heavy (non-hydrogen) atoms. The third-order valence-electron chi connectivity index (χ3n) is 6.64. The van der Waals surface area contributed by atoms with Gasteiger partial charge < -0.3 is 9.26 Å². The summed E-state index contributed by atoms with van der Waals surface area (Å²) in [5.74, 6) is -0.316. The van der Waals surface area contributed by atoms with E-state index in [-0.39, 0.29) is 5.82 Å². The van der Waals surface area contributed by atoms with E-state index in [1.807, 2.05) is 33.0 Å². The zero-order valence-electron chi connectivity index (χ0n) is 18.9. The number of rotatable bonds is 2. The average Bonchev–Trinajstić information content (AvgIpc) is 3.12. The molecule has 0 aliphatic heterocycles. The van der Waals surface area contributed by atoms with Gasteiger partial charge >= 0.3 is 0 Å². The quantitative estimate of drug-likeness (QED) is 0.218. The van der Waals surface area contributed by atoms with Gasteiger partial charge in [0.25, 0.3) is 5.54 Å². The molecule has 0 aliphatic rings. The number of furan rings is 1. The Morgan fingerprint density at radius 1 is 0.969 bits per heavy atom. The van der Waals surface area contributed by atoms with Crippen LogP contribution in [-0.2, 0) is 12.6 Å². The second kappa shape index (κ2) is 6.90. The molecule has 0 bridgehead atoms. The summed E-state index contributed by atoms with van der Waals surface area (Å²) in [7, 11) is 2.04. The summed E-state index contributed by atoms with van der Waals surface area (Å²) in [5.41, 5.74) is 6.82. The maximum absolute atomic E-state index is 13.9. The largest absolute Gasteiger partial charge is 0.455 e. The Morgan fingerprint density at radius 3 is 2.47 bits per heavy atom. The van der Waals surface area contributed by atoms with E-state index in [2.05, 4.69) is 47.5 Å². The van der Waals surface area contributed by atoms with E-state index < -0.39 is 5.54 Å². The monoisotopic (exact) mass is 423 g/mol. The molecule has 0 N–H and O–H groups in total. The molecule has 4 heteroatoms. The van der Waals surface area contributed by atoms with E-state index in [0.717, 1.165) is 55.2 Å². The molecule has 0 fully saturated rings. The predicted octanol–water partition coefficient (Wildman–Crippen LogP) is 7.14. The zero-order valence-corrected chi connectivity index (χ0v) is 18.9. The van der Waals surface area contributed by atoms with Gasteiger partial charge in [-0.2, -0.15) is 4.57 Å². The van der Waals surface area contributed by atoms with Crippen LogP contribution in [0.3, 0.4) is 0 Å². The van der Waals surface area contributed by atoms with Gasteiger partial charge in [0.1, 0.15) is 24.0 Å². The molecule has 2 heterocycles. The highest BCUT2D eigenvalue weighted by molar-refractivity contribution is 6.10. The first-order chi connectivity index (χ1) is 15.2. The highest BCUT2D eigenvalue weighted by atomic mass is 19.1. The average molecular weight is 424 g/mol. The Bertz CT molecular complexity index is 1600. The lowest BCUT2D eigenvalue weighted by molar-refractivity contribution is -0.633. The number of fused-ring (bicyclic) bond motifs is 4. The fraction of sp³-hybridized carbons (Fsp3) is 0.214. The Balaban J connectivity index is 1.98. The lowest BCUT2D eigenvalue weighted by Crippen LogP contribution is -2.34. The second-order valence-electron chi connectivity index (χ2n) is 9.00. The van der Waals surface area contributed by atoms with Crippen molar-refractivity contribution in [3.8, 4) is 11.3 Å². The van der Waals surface area contributed by atoms with E-state index in [1.165, 1.54) is 12.1 Å². The van der Waals surface area contributed by atoms with Gasteiger partial charge in [0.15, 0.2) is 0 Å². The molecule has 3 aromatic carbocycles. The molecule has 158 valence electrons. The second-order valence-corrected chi connectivity index (χ2v) is 9.00. The van der Waals surface area contributed by atoms with Crippen molar-refractivity contribution < 1.29 is 13.4 Å². The van der Waals surface area contributed by atoms with Crippen LogP contribution in [0.2, 0.25) is 0 Å². The van der Waals surface area contributed by atoms with Crippen molar-refractivity contribution in [3.63, 3.8) is 0 Å². The van der Waals surface area contributed by atoms with Crippen LogP contribution in [0.5, 0.6) is 0 Å². The molecule has 0 saturated heterocycles. The summed E-state index contributed by atoms with van der Waals surface area (Å²) >= 11 is 0. The van der Waals surface area contributed by atoms with Crippen LogP contribution < -0.4 is 4.57 Å². The highest BCUT2D eigenvalue weighted by Crippen LogP contribution is 2.41. The number of benzene rings is 3. The molecular weight excluding hydrogens is 399 g/mol. The Labute approximate surface area is 186 Å². The third-order valence-corrected chi connectivity index (χ3v) is 6.64. The molecule has 0 atom stereocenters. The minimum absolute atomic E-state index is 0.316. The number of aromatic nitrogens is 1. The van der Waals surface area contributed by atoms with Crippen LogP contribution in [0.15, 0.2) is 59.0 Å². The van der Waals surface area contributed by atoms with Gasteiger partial charge in [0, 0.05) is 42.8 Å². The molecule has 0 saturated carbocycles. The summed E-state index contributed by atoms with van der Waals surface area (Å²) in [6, 6.07) is 17.1. The smallest absolute Gasteiger partial charge is 0.253 e. The van der Waals surface area contributed by atoms with Gasteiger partial charge in [-0.25, -0.2) is 11.0 Å². The lowest BCUT2D eigenvalue weighted by atomic mass is 9.88. The molecule has 0 radical (unpaired) electrons. The number of nitrogens with zero attached hydrogens (tertiary/aromatic N) is 2. The van der Waals surface area contributed by atoms with Crippen molar-refractivity contribution in [1.82, 2.24) is 0 Å². The van der Waals surface area contributed by atoms with Crippen LogP contribution in [0.4, 0.5) is 4.39 Å². The number of aryl methyl sites for hydroxylation is 2. The zero-order chi connectivity index (χ0) is 22.8. The third kappa shape index (κ3) is 2.81. The fourth-order valence-electron chi connectivity index (χ4n) is 4.66. The minimum Gasteiger partial charge on any atom is -0.455 e. The summed E-state index contributed by atoms with van der Waals surface area (Å²) in [5, 5.41) is 2.93. The highest BCUT2D eigenvalue weighted by Gasteiger charge is 2.34. The van der Waals surface area contributed by atoms with Crippen molar-refractivity contribution in [2.24, 2.45) is 7.05 Å². The van der Waals surface area contributed by atoms with E-state index in [4.69, 9.17) is 11.0 Å². The topological polar surface area (TPSA) is 21.4 Å². The summed E-state index contributed by atoms with van der Waals surface area (Å²) < 4.78 is 22.3. The van der Waals surface area contributed by atoms with Crippen LogP contribution in [-0.4, -0.2) is 0 Å². The molecule has 5 aromatic rings. The maximum atomic E-state index is 13.9. The minimum atomic E-state index is -0.684. The summed E-state index contributed by atoms with van der Waals surface area (Å²) in [6.45, 7) is 15.9. The number of halogens is 1. The van der Waals surface area contributed by atoms with Gasteiger partial charge in [-0.15, -0.1) is 0 Å². The molecule has 0 amide bonds. The summed E-state index contributed by atoms with van der Waals surface area (Å²) in [4.78, 5) is 3.93. The van der Waals surface area contributed by atoms with Gasteiger partial charge in [0.2, 0.25) is 11.2 Å². The number of pyridine rings is 1. The Kier molecular flexibility index (Phi) is 4.36. The molecule has 0 spiro atoms. The van der Waals surface area contributed by atoms with E-state index in [1.54, 1.807) is 6.07 Å². The molecular formula is C28H24FN2O+. The molecule has 2 aromatic heterocycles. The first-order valence-electron chi connectivity index (χ1n) is 10.7. The number of para-hydroxylation sites is 1. The van der Waals surface area contributed by atoms with Crippen LogP contribution in [0.25, 0.3) is 48.9 Å².